The molecule has 1 aliphatic heterocycles. The van der Waals surface area contributed by atoms with Crippen LogP contribution >= 0.6 is 0 Å². The van der Waals surface area contributed by atoms with Gasteiger partial charge in [-0.05, 0) is 69.3 Å². The Morgan fingerprint density at radius 2 is 1.64 bits per heavy atom. The number of hydrogen-bond acceptors (Lipinski definition) is 5. The van der Waals surface area contributed by atoms with Crippen LogP contribution in [0.3, 0.4) is 0 Å². The van der Waals surface area contributed by atoms with E-state index in [0.717, 1.165) is 75.7 Å². The highest BCUT2D eigenvalue weighted by Crippen LogP contribution is 2.60. The lowest BCUT2D eigenvalue weighted by atomic mass is 9.49. The molecule has 4 bridgehead atoms. The molecule has 0 aromatic carbocycles. The van der Waals surface area contributed by atoms with E-state index in [1.54, 1.807) is 12.4 Å². The number of carbonyl (C=O) groups is 1. The van der Waals surface area contributed by atoms with Gasteiger partial charge in [-0.3, -0.25) is 9.69 Å². The summed E-state index contributed by atoms with van der Waals surface area (Å²) in [6, 6.07) is 2.06. The molecule has 1 N–H and O–H groups in total. The second-order valence-corrected chi connectivity index (χ2v) is 9.91. The van der Waals surface area contributed by atoms with Gasteiger partial charge in [0.15, 0.2) is 0 Å². The van der Waals surface area contributed by atoms with Crippen molar-refractivity contribution in [3.8, 4) is 0 Å². The first kappa shape index (κ1) is 18.3. The molecule has 0 spiro atoms. The summed E-state index contributed by atoms with van der Waals surface area (Å²) < 4.78 is 0. The smallest absolute Gasteiger partial charge is 0.226 e. The third kappa shape index (κ3) is 3.51. The van der Waals surface area contributed by atoms with Crippen molar-refractivity contribution in [2.45, 2.75) is 51.5 Å². The molecule has 0 radical (unpaired) electrons. The number of nitrogens with one attached hydrogen (secondary N) is 1. The van der Waals surface area contributed by atoms with E-state index in [2.05, 4.69) is 32.0 Å². The first-order valence-corrected chi connectivity index (χ1v) is 11.1. The minimum atomic E-state index is -0.0354. The molecule has 5 fully saturated rings. The molecule has 4 saturated carbocycles. The lowest BCUT2D eigenvalue weighted by Gasteiger charge is -2.55. The predicted molar refractivity (Wildman–Crippen MR) is 109 cm³/mol. The van der Waals surface area contributed by atoms with Crippen LogP contribution in [0.25, 0.3) is 0 Å². The van der Waals surface area contributed by atoms with Crippen LogP contribution in [0.2, 0.25) is 0 Å². The highest BCUT2D eigenvalue weighted by molar-refractivity contribution is 5.83. The standard InChI is InChI=1S/C22H33N5O/c1-16(15-26-5-7-27(8-6-26)21-23-3-2-4-24-21)25-20(28)22-12-17-9-18(13-22)11-19(10-17)14-22/h2-4,16-19H,5-15H2,1H3,(H,25,28)/t16-,17?,18?,19?,22?/m0/s1. The minimum absolute atomic E-state index is 0.0354. The van der Waals surface area contributed by atoms with E-state index in [-0.39, 0.29) is 11.5 Å². The van der Waals surface area contributed by atoms with Crippen molar-refractivity contribution in [1.29, 1.82) is 0 Å². The molecular formula is C22H33N5O. The Morgan fingerprint density at radius 3 is 2.21 bits per heavy atom. The van der Waals surface area contributed by atoms with Gasteiger partial charge >= 0.3 is 0 Å². The number of piperazine rings is 1. The largest absolute Gasteiger partial charge is 0.352 e. The average molecular weight is 384 g/mol. The van der Waals surface area contributed by atoms with Crippen LogP contribution in [0.15, 0.2) is 18.5 Å². The van der Waals surface area contributed by atoms with E-state index in [9.17, 15) is 4.79 Å². The third-order valence-corrected chi connectivity index (χ3v) is 7.64. The molecule has 1 saturated heterocycles. The van der Waals surface area contributed by atoms with Crippen LogP contribution in [-0.4, -0.2) is 59.5 Å². The Bertz CT molecular complexity index is 665. The molecule has 1 amide bonds. The summed E-state index contributed by atoms with van der Waals surface area (Å²) >= 11 is 0. The van der Waals surface area contributed by atoms with E-state index < -0.39 is 0 Å². The van der Waals surface area contributed by atoms with Gasteiger partial charge in [0.05, 0.1) is 0 Å². The molecule has 0 unspecified atom stereocenters. The minimum Gasteiger partial charge on any atom is -0.352 e. The number of rotatable bonds is 5. The summed E-state index contributed by atoms with van der Waals surface area (Å²) in [5.41, 5.74) is -0.0354. The molecule has 6 heteroatoms. The number of anilines is 1. The summed E-state index contributed by atoms with van der Waals surface area (Å²) in [6.45, 7) is 6.98. The topological polar surface area (TPSA) is 61.4 Å². The van der Waals surface area contributed by atoms with Gasteiger partial charge in [0.25, 0.3) is 0 Å². The summed E-state index contributed by atoms with van der Waals surface area (Å²) in [5.74, 6) is 3.64. The number of amides is 1. The normalized spacial score (nSPS) is 35.8. The number of nitrogens with zero attached hydrogens (tertiary/aromatic N) is 4. The molecule has 4 aliphatic carbocycles. The Labute approximate surface area is 168 Å². The van der Waals surface area contributed by atoms with E-state index in [1.165, 1.54) is 19.3 Å². The van der Waals surface area contributed by atoms with E-state index in [1.807, 2.05) is 6.07 Å². The highest BCUT2D eigenvalue weighted by atomic mass is 16.2. The fourth-order valence-corrected chi connectivity index (χ4v) is 6.78. The lowest BCUT2D eigenvalue weighted by molar-refractivity contribution is -0.147. The van der Waals surface area contributed by atoms with Crippen LogP contribution in [0.5, 0.6) is 0 Å². The molecule has 5 aliphatic rings. The summed E-state index contributed by atoms with van der Waals surface area (Å²) in [5, 5.41) is 3.41. The van der Waals surface area contributed by atoms with Crippen LogP contribution in [-0.2, 0) is 4.79 Å². The fourth-order valence-electron chi connectivity index (χ4n) is 6.78. The average Bonchev–Trinajstić information content (AvgIpc) is 2.68. The Hall–Kier alpha value is -1.69. The summed E-state index contributed by atoms with van der Waals surface area (Å²) in [7, 11) is 0. The van der Waals surface area contributed by atoms with Gasteiger partial charge in [-0.25, -0.2) is 9.97 Å². The second kappa shape index (κ2) is 7.29. The highest BCUT2D eigenvalue weighted by Gasteiger charge is 2.54. The Balaban J connectivity index is 1.12. The molecule has 1 aromatic heterocycles. The van der Waals surface area contributed by atoms with Crippen molar-refractivity contribution in [3.05, 3.63) is 18.5 Å². The van der Waals surface area contributed by atoms with Gasteiger partial charge in [0.2, 0.25) is 11.9 Å². The van der Waals surface area contributed by atoms with Crippen molar-refractivity contribution >= 4 is 11.9 Å². The van der Waals surface area contributed by atoms with E-state index in [4.69, 9.17) is 0 Å². The number of carbonyl (C=O) groups excluding carboxylic acids is 1. The number of hydrogen-bond donors (Lipinski definition) is 1. The maximum atomic E-state index is 13.2. The molecule has 2 heterocycles. The third-order valence-electron chi connectivity index (χ3n) is 7.64. The van der Waals surface area contributed by atoms with Crippen molar-refractivity contribution < 1.29 is 4.79 Å². The zero-order valence-electron chi connectivity index (χ0n) is 17.0. The quantitative estimate of drug-likeness (QED) is 0.846. The van der Waals surface area contributed by atoms with Gasteiger partial charge < -0.3 is 10.2 Å². The molecule has 152 valence electrons. The van der Waals surface area contributed by atoms with Crippen molar-refractivity contribution in [3.63, 3.8) is 0 Å². The predicted octanol–water partition coefficient (Wildman–Crippen LogP) is 2.32. The zero-order chi connectivity index (χ0) is 19.1. The maximum Gasteiger partial charge on any atom is 0.226 e. The first-order chi connectivity index (χ1) is 13.6. The van der Waals surface area contributed by atoms with Crippen molar-refractivity contribution in [1.82, 2.24) is 20.2 Å². The summed E-state index contributed by atoms with van der Waals surface area (Å²) in [6.07, 6.45) is 11.2. The van der Waals surface area contributed by atoms with E-state index >= 15 is 0 Å². The fraction of sp³-hybridized carbons (Fsp3) is 0.773. The molecule has 1 aromatic rings. The molecule has 6 rings (SSSR count). The van der Waals surface area contributed by atoms with Crippen LogP contribution < -0.4 is 10.2 Å². The molecular weight excluding hydrogens is 350 g/mol. The Kier molecular flexibility index (Phi) is 4.77. The summed E-state index contributed by atoms with van der Waals surface area (Å²) in [4.78, 5) is 26.7. The van der Waals surface area contributed by atoms with Crippen LogP contribution in [0.1, 0.15) is 45.4 Å². The first-order valence-electron chi connectivity index (χ1n) is 11.1. The van der Waals surface area contributed by atoms with Gasteiger partial charge in [-0.1, -0.05) is 0 Å². The second-order valence-electron chi connectivity index (χ2n) is 9.91. The molecule has 28 heavy (non-hydrogen) atoms. The Morgan fingerprint density at radius 1 is 1.07 bits per heavy atom. The van der Waals surface area contributed by atoms with Crippen LogP contribution in [0, 0.1) is 23.2 Å². The SMILES string of the molecule is C[C@@H](CN1CCN(c2ncccn2)CC1)NC(=O)C12CC3CC(CC(C3)C1)C2. The van der Waals surface area contributed by atoms with Crippen molar-refractivity contribution in [2.24, 2.45) is 23.2 Å². The lowest BCUT2D eigenvalue weighted by Crippen LogP contribution is -2.57. The van der Waals surface area contributed by atoms with Gasteiger partial charge in [0.1, 0.15) is 0 Å². The monoisotopic (exact) mass is 383 g/mol. The molecule has 6 nitrogen and oxygen atoms in total. The van der Waals surface area contributed by atoms with Gasteiger partial charge in [-0.2, -0.15) is 0 Å². The van der Waals surface area contributed by atoms with Crippen LogP contribution in [0.4, 0.5) is 5.95 Å². The van der Waals surface area contributed by atoms with Crippen molar-refractivity contribution in [2.75, 3.05) is 37.6 Å². The zero-order valence-corrected chi connectivity index (χ0v) is 17.0. The van der Waals surface area contributed by atoms with Gasteiger partial charge in [0, 0.05) is 56.6 Å². The molecule has 1 atom stereocenters. The van der Waals surface area contributed by atoms with Gasteiger partial charge in [-0.15, -0.1) is 0 Å². The maximum absolute atomic E-state index is 13.2. The van der Waals surface area contributed by atoms with E-state index in [0.29, 0.717) is 5.91 Å². The number of aromatic nitrogens is 2.